The maximum absolute atomic E-state index is 13.6. The van der Waals surface area contributed by atoms with Gasteiger partial charge < -0.3 is 9.55 Å². The molecule has 0 spiro atoms. The Balaban J connectivity index is 1.84. The summed E-state index contributed by atoms with van der Waals surface area (Å²) in [6, 6.07) is 2.60. The lowest BCUT2D eigenvalue weighted by atomic mass is 9.94. The van der Waals surface area contributed by atoms with Gasteiger partial charge in [-0.15, -0.1) is 0 Å². The molecule has 144 valence electrons. The average Bonchev–Trinajstić information content (AvgIpc) is 3.33. The van der Waals surface area contributed by atoms with Crippen molar-refractivity contribution in [3.63, 3.8) is 0 Å². The summed E-state index contributed by atoms with van der Waals surface area (Å²) >= 11 is 0. The van der Waals surface area contributed by atoms with Gasteiger partial charge in [-0.1, -0.05) is 25.3 Å². The van der Waals surface area contributed by atoms with E-state index < -0.39 is 0 Å². The largest absolute Gasteiger partial charge is 0.346 e. The number of nitrogens with zero attached hydrogens (tertiary/aromatic N) is 3. The van der Waals surface area contributed by atoms with E-state index in [1.807, 2.05) is 18.5 Å². The molecule has 0 atom stereocenters. The van der Waals surface area contributed by atoms with Gasteiger partial charge in [-0.3, -0.25) is 0 Å². The number of fused-ring (bicyclic) bond motifs is 1. The molecule has 28 heavy (non-hydrogen) atoms. The highest BCUT2D eigenvalue weighted by Crippen LogP contribution is 2.31. The van der Waals surface area contributed by atoms with Crippen LogP contribution < -0.4 is 10.7 Å². The molecule has 3 heterocycles. The van der Waals surface area contributed by atoms with Crippen molar-refractivity contribution in [1.29, 1.82) is 0 Å². The van der Waals surface area contributed by atoms with Crippen LogP contribution in [0.5, 0.6) is 0 Å². The number of allylic oxidation sites excluding steroid dienone is 4. The quantitative estimate of drug-likeness (QED) is 0.793. The summed E-state index contributed by atoms with van der Waals surface area (Å²) in [6.45, 7) is 2.11. The third-order valence-electron chi connectivity index (χ3n) is 6.14. The smallest absolute Gasteiger partial charge is 0.137 e. The Hall–Kier alpha value is -2.69. The van der Waals surface area contributed by atoms with Gasteiger partial charge in [0, 0.05) is 30.4 Å². The molecule has 3 aliphatic rings. The van der Waals surface area contributed by atoms with Crippen LogP contribution >= 0.6 is 0 Å². The topological polar surface area (TPSA) is 46.0 Å². The maximum Gasteiger partial charge on any atom is 0.137 e. The minimum atomic E-state index is -0.167. The molecule has 4 nitrogen and oxygen atoms in total. The van der Waals surface area contributed by atoms with Crippen molar-refractivity contribution >= 4 is 23.2 Å². The molecule has 5 rings (SSSR count). The van der Waals surface area contributed by atoms with E-state index >= 15 is 0 Å². The summed E-state index contributed by atoms with van der Waals surface area (Å²) in [4.78, 5) is 12.8. The second kappa shape index (κ2) is 7.04. The molecule has 2 aliphatic carbocycles. The fraction of sp³-hybridized carbons (Fsp3) is 0.391. The fourth-order valence-electron chi connectivity index (χ4n) is 4.82. The van der Waals surface area contributed by atoms with Crippen LogP contribution in [0, 0.1) is 6.92 Å². The molecule has 1 aliphatic heterocycles. The van der Waals surface area contributed by atoms with Crippen LogP contribution in [0.15, 0.2) is 41.3 Å². The van der Waals surface area contributed by atoms with Crippen LogP contribution in [0.1, 0.15) is 62.4 Å². The van der Waals surface area contributed by atoms with Gasteiger partial charge in [0.25, 0.3) is 0 Å². The molecular formula is C23H25FN4. The van der Waals surface area contributed by atoms with Gasteiger partial charge in [-0.2, -0.15) is 0 Å². The molecule has 0 amide bonds. The lowest BCUT2D eigenvalue weighted by molar-refractivity contribution is 0.343. The van der Waals surface area contributed by atoms with Crippen LogP contribution in [-0.4, -0.2) is 20.7 Å². The lowest BCUT2D eigenvalue weighted by Gasteiger charge is -2.25. The summed E-state index contributed by atoms with van der Waals surface area (Å²) < 4.78 is 16.0. The first-order valence-electron chi connectivity index (χ1n) is 10.3. The van der Waals surface area contributed by atoms with E-state index in [0.717, 1.165) is 34.5 Å². The number of nitrogens with one attached hydrogen (secondary N) is 1. The van der Waals surface area contributed by atoms with Crippen LogP contribution in [0.25, 0.3) is 11.1 Å². The zero-order valence-corrected chi connectivity index (χ0v) is 16.2. The number of hydrogen-bond donors (Lipinski definition) is 1. The highest BCUT2D eigenvalue weighted by Gasteiger charge is 2.23. The second-order valence-electron chi connectivity index (χ2n) is 7.90. The predicted molar refractivity (Wildman–Crippen MR) is 111 cm³/mol. The first-order valence-corrected chi connectivity index (χ1v) is 10.3. The minimum Gasteiger partial charge on any atom is -0.346 e. The molecule has 0 aromatic carbocycles. The third-order valence-corrected chi connectivity index (χ3v) is 6.14. The molecule has 2 aromatic rings. The van der Waals surface area contributed by atoms with Gasteiger partial charge in [0.15, 0.2) is 0 Å². The van der Waals surface area contributed by atoms with Gasteiger partial charge in [0.1, 0.15) is 17.5 Å². The number of H-pyrrole nitrogens is 1. The molecule has 1 saturated carbocycles. The normalized spacial score (nSPS) is 23.7. The highest BCUT2D eigenvalue weighted by molar-refractivity contribution is 5.88. The number of aromatic nitrogens is 3. The highest BCUT2D eigenvalue weighted by atomic mass is 19.1. The number of aromatic amines is 1. The van der Waals surface area contributed by atoms with Gasteiger partial charge in [0.2, 0.25) is 0 Å². The third kappa shape index (κ3) is 2.89. The Morgan fingerprint density at radius 2 is 2.00 bits per heavy atom. The van der Waals surface area contributed by atoms with Crippen molar-refractivity contribution in [2.45, 2.75) is 57.9 Å². The molecule has 2 aromatic heterocycles. The van der Waals surface area contributed by atoms with Gasteiger partial charge in [0.05, 0.1) is 10.7 Å². The molecule has 0 saturated heterocycles. The molecule has 1 N–H and O–H groups in total. The monoisotopic (exact) mass is 376 g/mol. The van der Waals surface area contributed by atoms with E-state index in [1.54, 1.807) is 12.2 Å². The predicted octanol–water partition coefficient (Wildman–Crippen LogP) is 4.29. The van der Waals surface area contributed by atoms with Crippen LogP contribution in [-0.2, 0) is 0 Å². The van der Waals surface area contributed by atoms with E-state index in [1.165, 1.54) is 43.0 Å². The van der Waals surface area contributed by atoms with Crippen molar-refractivity contribution in [1.82, 2.24) is 14.5 Å². The average molecular weight is 376 g/mol. The van der Waals surface area contributed by atoms with E-state index in [9.17, 15) is 4.39 Å². The van der Waals surface area contributed by atoms with Crippen molar-refractivity contribution in [3.8, 4) is 0 Å². The van der Waals surface area contributed by atoms with Gasteiger partial charge in [-0.25, -0.2) is 14.4 Å². The molecular weight excluding hydrogens is 351 g/mol. The number of rotatable bonds is 1. The van der Waals surface area contributed by atoms with E-state index in [2.05, 4.69) is 27.5 Å². The molecule has 0 bridgehead atoms. The number of imidazole rings is 1. The van der Waals surface area contributed by atoms with Gasteiger partial charge in [-0.05, 0) is 55.6 Å². The zero-order chi connectivity index (χ0) is 19.1. The van der Waals surface area contributed by atoms with Crippen LogP contribution in [0.2, 0.25) is 0 Å². The zero-order valence-electron chi connectivity index (χ0n) is 16.2. The first-order chi connectivity index (χ1) is 13.7. The molecule has 1 fully saturated rings. The Morgan fingerprint density at radius 1 is 1.14 bits per heavy atom. The maximum atomic E-state index is 13.6. The van der Waals surface area contributed by atoms with Crippen LogP contribution in [0.3, 0.4) is 0 Å². The summed E-state index contributed by atoms with van der Waals surface area (Å²) in [6.07, 6.45) is 16.6. The van der Waals surface area contributed by atoms with Crippen molar-refractivity contribution < 1.29 is 4.39 Å². The molecule has 5 heteroatoms. The Morgan fingerprint density at radius 3 is 2.79 bits per heavy atom. The summed E-state index contributed by atoms with van der Waals surface area (Å²) in [5.74, 6) is 1.80. The van der Waals surface area contributed by atoms with Crippen molar-refractivity contribution in [2.75, 3.05) is 0 Å². The molecule has 0 radical (unpaired) electrons. The Bertz CT molecular complexity index is 1120. The lowest BCUT2D eigenvalue weighted by Crippen LogP contribution is -2.37. The van der Waals surface area contributed by atoms with Crippen molar-refractivity contribution in [2.24, 2.45) is 4.99 Å². The van der Waals surface area contributed by atoms with Crippen LogP contribution in [0.4, 0.5) is 10.2 Å². The first kappa shape index (κ1) is 17.4. The SMILES string of the molecule is Cc1nc(=C2C=CC(F)=CC2)c(=C2CC=Nc3[nH]ccc32)n1C1CCCCC1. The standard InChI is InChI=1S/C23H25FN4/c1-15-27-21(16-7-9-17(24)10-8-16)22(28(15)18-5-3-2-4-6-18)19-11-13-25-23-20(19)12-14-26-23/h7,9-10,12-14,18,26H,2-6,8,11H2,1H3. The van der Waals surface area contributed by atoms with E-state index in [-0.39, 0.29) is 5.83 Å². The summed E-state index contributed by atoms with van der Waals surface area (Å²) in [7, 11) is 0. The van der Waals surface area contributed by atoms with E-state index in [4.69, 9.17) is 4.98 Å². The number of hydrogen-bond acceptors (Lipinski definition) is 2. The Labute approximate surface area is 163 Å². The van der Waals surface area contributed by atoms with E-state index in [0.29, 0.717) is 12.5 Å². The number of aryl methyl sites for hydroxylation is 1. The number of halogens is 1. The molecule has 0 unspecified atom stereocenters. The fourth-order valence-corrected chi connectivity index (χ4v) is 4.82. The minimum absolute atomic E-state index is 0.167. The summed E-state index contributed by atoms with van der Waals surface area (Å²) in [5, 5.41) is 2.20. The second-order valence-corrected chi connectivity index (χ2v) is 7.90. The van der Waals surface area contributed by atoms with Crippen molar-refractivity contribution in [3.05, 3.63) is 58.4 Å². The Kier molecular flexibility index (Phi) is 4.38. The number of aliphatic imine (C=N–C) groups is 1. The van der Waals surface area contributed by atoms with Gasteiger partial charge >= 0.3 is 0 Å². The summed E-state index contributed by atoms with van der Waals surface area (Å²) in [5.41, 5.74) is 3.51.